The van der Waals surface area contributed by atoms with Gasteiger partial charge >= 0.3 is 0 Å². The monoisotopic (exact) mass is 384 g/mol. The maximum Gasteiger partial charge on any atom is 0.176 e. The summed E-state index contributed by atoms with van der Waals surface area (Å²) >= 11 is 0. The standard InChI is InChI=1S/C24H36N2O2/c1-6-16-28-23-12-14-25(15-13-23)18-24(27)20(4)17-21(5)26(7-2)22-10-8-19(3)9-11-22/h8-11,17,23H,4,6-7,12-16,18H2,1-3,5H3/b21-17-. The molecule has 28 heavy (non-hydrogen) atoms. The maximum atomic E-state index is 12.7. The highest BCUT2D eigenvalue weighted by molar-refractivity contribution is 5.99. The number of allylic oxidation sites excluding steroid dienone is 2. The Hall–Kier alpha value is -1.91. The Kier molecular flexibility index (Phi) is 8.94. The van der Waals surface area contributed by atoms with Crippen molar-refractivity contribution in [2.24, 2.45) is 0 Å². The largest absolute Gasteiger partial charge is 0.378 e. The first-order valence-corrected chi connectivity index (χ1v) is 10.5. The zero-order valence-corrected chi connectivity index (χ0v) is 18.0. The van der Waals surface area contributed by atoms with Crippen LogP contribution in [0.1, 0.15) is 45.6 Å². The van der Waals surface area contributed by atoms with Crippen molar-refractivity contribution < 1.29 is 9.53 Å². The van der Waals surface area contributed by atoms with Crippen LogP contribution in [0.15, 0.2) is 48.2 Å². The summed E-state index contributed by atoms with van der Waals surface area (Å²) in [5, 5.41) is 0. The van der Waals surface area contributed by atoms with E-state index in [4.69, 9.17) is 4.74 Å². The molecule has 0 spiro atoms. The number of likely N-dealkylation sites (tertiary alicyclic amines) is 1. The normalized spacial score (nSPS) is 16.2. The van der Waals surface area contributed by atoms with E-state index >= 15 is 0 Å². The third kappa shape index (κ3) is 6.61. The second-order valence-corrected chi connectivity index (χ2v) is 7.66. The van der Waals surface area contributed by atoms with Crippen molar-refractivity contribution in [3.63, 3.8) is 0 Å². The molecule has 1 fully saturated rings. The maximum absolute atomic E-state index is 12.7. The molecule has 4 heteroatoms. The zero-order chi connectivity index (χ0) is 20.5. The van der Waals surface area contributed by atoms with E-state index in [1.165, 1.54) is 5.56 Å². The van der Waals surface area contributed by atoms with Gasteiger partial charge < -0.3 is 9.64 Å². The van der Waals surface area contributed by atoms with Gasteiger partial charge in [-0.15, -0.1) is 0 Å². The minimum atomic E-state index is 0.104. The number of hydrogen-bond donors (Lipinski definition) is 0. The molecule has 1 saturated heterocycles. The van der Waals surface area contributed by atoms with E-state index in [2.05, 4.69) is 61.4 Å². The predicted molar refractivity (Wildman–Crippen MR) is 118 cm³/mol. The van der Waals surface area contributed by atoms with E-state index in [1.54, 1.807) is 0 Å². The number of ketones is 1. The molecule has 0 amide bonds. The molecule has 0 saturated carbocycles. The first kappa shape index (κ1) is 22.4. The lowest BCUT2D eigenvalue weighted by Crippen LogP contribution is -2.40. The molecule has 1 aliphatic rings. The number of nitrogens with zero attached hydrogens (tertiary/aromatic N) is 2. The Morgan fingerprint density at radius 1 is 1.25 bits per heavy atom. The van der Waals surface area contributed by atoms with E-state index in [-0.39, 0.29) is 5.78 Å². The Morgan fingerprint density at radius 3 is 2.46 bits per heavy atom. The summed E-state index contributed by atoms with van der Waals surface area (Å²) < 4.78 is 5.83. The number of carbonyl (C=O) groups is 1. The molecule has 1 heterocycles. The molecular weight excluding hydrogens is 348 g/mol. The number of piperidine rings is 1. The lowest BCUT2D eigenvalue weighted by Gasteiger charge is -2.31. The Bertz CT molecular complexity index is 670. The molecule has 4 nitrogen and oxygen atoms in total. The molecule has 2 rings (SSSR count). The summed E-state index contributed by atoms with van der Waals surface area (Å²) in [6.45, 7) is 16.4. The molecule has 0 aliphatic carbocycles. The minimum Gasteiger partial charge on any atom is -0.378 e. The van der Waals surface area contributed by atoms with Crippen molar-refractivity contribution in [1.82, 2.24) is 4.90 Å². The number of carbonyl (C=O) groups excluding carboxylic acids is 1. The van der Waals surface area contributed by atoms with Crippen LogP contribution in [0.4, 0.5) is 5.69 Å². The smallest absolute Gasteiger partial charge is 0.176 e. The fourth-order valence-electron chi connectivity index (χ4n) is 3.59. The van der Waals surface area contributed by atoms with Crippen LogP contribution >= 0.6 is 0 Å². The Morgan fingerprint density at radius 2 is 1.89 bits per heavy atom. The summed E-state index contributed by atoms with van der Waals surface area (Å²) in [5.41, 5.74) is 3.99. The van der Waals surface area contributed by atoms with Gasteiger partial charge in [0.2, 0.25) is 0 Å². The van der Waals surface area contributed by atoms with Crippen LogP contribution in [-0.2, 0) is 9.53 Å². The third-order valence-electron chi connectivity index (χ3n) is 5.29. The molecule has 0 aromatic heterocycles. The summed E-state index contributed by atoms with van der Waals surface area (Å²) in [6.07, 6.45) is 5.34. The highest BCUT2D eigenvalue weighted by Crippen LogP contribution is 2.21. The second kappa shape index (κ2) is 11.2. The van der Waals surface area contributed by atoms with Gasteiger partial charge in [0.15, 0.2) is 5.78 Å². The molecule has 1 aliphatic heterocycles. The van der Waals surface area contributed by atoms with E-state index in [9.17, 15) is 4.79 Å². The van der Waals surface area contributed by atoms with Crippen molar-refractivity contribution >= 4 is 11.5 Å². The van der Waals surface area contributed by atoms with Gasteiger partial charge in [0.05, 0.1) is 12.6 Å². The lowest BCUT2D eigenvalue weighted by molar-refractivity contribution is -0.117. The fraction of sp³-hybridized carbons (Fsp3) is 0.542. The molecule has 1 aromatic carbocycles. The highest BCUT2D eigenvalue weighted by atomic mass is 16.5. The van der Waals surface area contributed by atoms with Gasteiger partial charge in [0.25, 0.3) is 0 Å². The van der Waals surface area contributed by atoms with Gasteiger partial charge in [0, 0.05) is 43.2 Å². The lowest BCUT2D eigenvalue weighted by atomic mass is 10.1. The molecular formula is C24H36N2O2. The number of rotatable bonds is 10. The molecule has 0 radical (unpaired) electrons. The number of hydrogen-bond acceptors (Lipinski definition) is 4. The first-order valence-electron chi connectivity index (χ1n) is 10.5. The summed E-state index contributed by atoms with van der Waals surface area (Å²) in [7, 11) is 0. The summed E-state index contributed by atoms with van der Waals surface area (Å²) in [5.74, 6) is 0.104. The van der Waals surface area contributed by atoms with E-state index in [0.29, 0.717) is 18.2 Å². The van der Waals surface area contributed by atoms with Gasteiger partial charge in [-0.25, -0.2) is 0 Å². The molecule has 0 atom stereocenters. The topological polar surface area (TPSA) is 32.8 Å². The number of ether oxygens (including phenoxy) is 1. The predicted octanol–water partition coefficient (Wildman–Crippen LogP) is 4.74. The van der Waals surface area contributed by atoms with Crippen LogP contribution < -0.4 is 4.90 Å². The van der Waals surface area contributed by atoms with Crippen LogP contribution in [0.3, 0.4) is 0 Å². The van der Waals surface area contributed by atoms with Crippen LogP contribution in [0, 0.1) is 6.92 Å². The number of benzene rings is 1. The molecule has 154 valence electrons. The van der Waals surface area contributed by atoms with E-state index in [0.717, 1.165) is 56.9 Å². The van der Waals surface area contributed by atoms with Gasteiger partial charge in [-0.3, -0.25) is 9.69 Å². The highest BCUT2D eigenvalue weighted by Gasteiger charge is 2.21. The number of anilines is 1. The number of aryl methyl sites for hydroxylation is 1. The Labute approximate surface area is 170 Å². The molecule has 0 N–H and O–H groups in total. The molecule has 0 unspecified atom stereocenters. The van der Waals surface area contributed by atoms with Crippen LogP contribution in [0.25, 0.3) is 0 Å². The summed E-state index contributed by atoms with van der Waals surface area (Å²) in [4.78, 5) is 17.1. The first-order chi connectivity index (χ1) is 13.4. The van der Waals surface area contributed by atoms with Crippen LogP contribution in [0.2, 0.25) is 0 Å². The van der Waals surface area contributed by atoms with E-state index < -0.39 is 0 Å². The van der Waals surface area contributed by atoms with Crippen molar-refractivity contribution in [2.45, 2.75) is 53.1 Å². The van der Waals surface area contributed by atoms with Crippen molar-refractivity contribution in [3.05, 3.63) is 53.8 Å². The fourth-order valence-corrected chi connectivity index (χ4v) is 3.59. The second-order valence-electron chi connectivity index (χ2n) is 7.66. The van der Waals surface area contributed by atoms with Crippen molar-refractivity contribution in [1.29, 1.82) is 0 Å². The van der Waals surface area contributed by atoms with Gasteiger partial charge in [0.1, 0.15) is 0 Å². The van der Waals surface area contributed by atoms with Crippen LogP contribution in [-0.4, -0.2) is 49.6 Å². The average molecular weight is 385 g/mol. The SMILES string of the molecule is C=C(/C=C(/C)N(CC)c1ccc(C)cc1)C(=O)CN1CCC(OCCC)CC1. The molecule has 0 bridgehead atoms. The zero-order valence-electron chi connectivity index (χ0n) is 18.0. The Balaban J connectivity index is 1.89. The molecule has 1 aromatic rings. The number of Topliss-reactive ketones (excluding diaryl/α,β-unsaturated/α-hetero) is 1. The quantitative estimate of drug-likeness (QED) is 0.431. The average Bonchev–Trinajstić information content (AvgIpc) is 2.69. The van der Waals surface area contributed by atoms with Gasteiger partial charge in [-0.1, -0.05) is 31.2 Å². The minimum absolute atomic E-state index is 0.104. The van der Waals surface area contributed by atoms with Crippen LogP contribution in [0.5, 0.6) is 0 Å². The third-order valence-corrected chi connectivity index (χ3v) is 5.29. The summed E-state index contributed by atoms with van der Waals surface area (Å²) in [6, 6.07) is 8.45. The van der Waals surface area contributed by atoms with Gasteiger partial charge in [-0.05, 0) is 58.2 Å². The van der Waals surface area contributed by atoms with E-state index in [1.807, 2.05) is 13.0 Å². The van der Waals surface area contributed by atoms with Crippen molar-refractivity contribution in [3.8, 4) is 0 Å². The van der Waals surface area contributed by atoms with Crippen molar-refractivity contribution in [2.75, 3.05) is 37.7 Å². The van der Waals surface area contributed by atoms with Gasteiger partial charge in [-0.2, -0.15) is 0 Å².